The SMILES string of the molecule is C#CCOc1cccc(F)c1[N+](=O)[O-]. The molecule has 0 heterocycles. The van der Waals surface area contributed by atoms with Crippen molar-refractivity contribution in [1.82, 2.24) is 0 Å². The Kier molecular flexibility index (Phi) is 3.02. The molecule has 14 heavy (non-hydrogen) atoms. The molecule has 0 radical (unpaired) electrons. The molecule has 0 N–H and O–H groups in total. The second-order valence-electron chi connectivity index (χ2n) is 2.34. The van der Waals surface area contributed by atoms with Gasteiger partial charge < -0.3 is 4.74 Å². The number of para-hydroxylation sites is 1. The summed E-state index contributed by atoms with van der Waals surface area (Å²) in [6, 6.07) is 3.59. The summed E-state index contributed by atoms with van der Waals surface area (Å²) >= 11 is 0. The van der Waals surface area contributed by atoms with Crippen molar-refractivity contribution in [3.63, 3.8) is 0 Å². The molecular formula is C9H6FNO3. The Hall–Kier alpha value is -2.09. The van der Waals surface area contributed by atoms with E-state index in [1.807, 2.05) is 0 Å². The first-order valence-corrected chi connectivity index (χ1v) is 3.66. The Bertz CT molecular complexity index is 398. The number of nitrogens with zero attached hydrogens (tertiary/aromatic N) is 1. The van der Waals surface area contributed by atoms with E-state index in [0.29, 0.717) is 0 Å². The molecule has 0 unspecified atom stereocenters. The number of halogens is 1. The van der Waals surface area contributed by atoms with Crippen LogP contribution in [0.15, 0.2) is 18.2 Å². The summed E-state index contributed by atoms with van der Waals surface area (Å²) in [5.41, 5.74) is -0.692. The summed E-state index contributed by atoms with van der Waals surface area (Å²) < 4.78 is 17.8. The monoisotopic (exact) mass is 195 g/mol. The van der Waals surface area contributed by atoms with Gasteiger partial charge >= 0.3 is 5.69 Å². The topological polar surface area (TPSA) is 52.4 Å². The predicted molar refractivity (Wildman–Crippen MR) is 47.4 cm³/mol. The molecule has 0 aromatic heterocycles. The van der Waals surface area contributed by atoms with E-state index < -0.39 is 16.4 Å². The summed E-state index contributed by atoms with van der Waals surface area (Å²) in [6.07, 6.45) is 4.90. The van der Waals surface area contributed by atoms with Gasteiger partial charge in [0.1, 0.15) is 6.61 Å². The second-order valence-corrected chi connectivity index (χ2v) is 2.34. The van der Waals surface area contributed by atoms with Crippen LogP contribution in [-0.2, 0) is 0 Å². The van der Waals surface area contributed by atoms with Gasteiger partial charge in [0.05, 0.1) is 4.92 Å². The van der Waals surface area contributed by atoms with Crippen molar-refractivity contribution < 1.29 is 14.1 Å². The molecule has 0 aliphatic carbocycles. The normalized spacial score (nSPS) is 9.14. The maximum Gasteiger partial charge on any atom is 0.346 e. The van der Waals surface area contributed by atoms with Crippen molar-refractivity contribution >= 4 is 5.69 Å². The average molecular weight is 195 g/mol. The number of benzene rings is 1. The third kappa shape index (κ3) is 1.98. The van der Waals surface area contributed by atoms with Crippen LogP contribution in [0.4, 0.5) is 10.1 Å². The van der Waals surface area contributed by atoms with Crippen LogP contribution < -0.4 is 4.74 Å². The molecule has 0 spiro atoms. The van der Waals surface area contributed by atoms with E-state index in [1.54, 1.807) is 0 Å². The molecular weight excluding hydrogens is 189 g/mol. The van der Waals surface area contributed by atoms with E-state index in [9.17, 15) is 14.5 Å². The highest BCUT2D eigenvalue weighted by Crippen LogP contribution is 2.29. The van der Waals surface area contributed by atoms with Crippen LogP contribution in [0.1, 0.15) is 0 Å². The quantitative estimate of drug-likeness (QED) is 0.419. The van der Waals surface area contributed by atoms with Gasteiger partial charge in [-0.1, -0.05) is 12.0 Å². The molecule has 0 atom stereocenters. The van der Waals surface area contributed by atoms with E-state index in [1.165, 1.54) is 12.1 Å². The van der Waals surface area contributed by atoms with Crippen LogP contribution in [0.3, 0.4) is 0 Å². The average Bonchev–Trinajstić information content (AvgIpc) is 2.14. The number of rotatable bonds is 3. The Labute approximate surface area is 79.5 Å². The third-order valence-electron chi connectivity index (χ3n) is 1.44. The summed E-state index contributed by atoms with van der Waals surface area (Å²) in [5.74, 6) is 1.03. The van der Waals surface area contributed by atoms with Crippen LogP contribution >= 0.6 is 0 Å². The maximum atomic E-state index is 13.0. The molecule has 1 rings (SSSR count). The lowest BCUT2D eigenvalue weighted by atomic mass is 10.3. The molecule has 0 saturated carbocycles. The van der Waals surface area contributed by atoms with Crippen LogP contribution in [0.25, 0.3) is 0 Å². The predicted octanol–water partition coefficient (Wildman–Crippen LogP) is 1.75. The molecule has 0 amide bonds. The van der Waals surface area contributed by atoms with E-state index >= 15 is 0 Å². The van der Waals surface area contributed by atoms with Gasteiger partial charge in [0.15, 0.2) is 0 Å². The van der Waals surface area contributed by atoms with Crippen molar-refractivity contribution in [3.05, 3.63) is 34.1 Å². The minimum absolute atomic E-state index is 0.135. The lowest BCUT2D eigenvalue weighted by molar-refractivity contribution is -0.388. The zero-order chi connectivity index (χ0) is 10.6. The first-order valence-electron chi connectivity index (χ1n) is 3.66. The van der Waals surface area contributed by atoms with Gasteiger partial charge in [0.25, 0.3) is 0 Å². The van der Waals surface area contributed by atoms with Gasteiger partial charge in [-0.25, -0.2) is 0 Å². The van der Waals surface area contributed by atoms with Gasteiger partial charge in [0, 0.05) is 0 Å². The Morgan fingerprint density at radius 1 is 1.64 bits per heavy atom. The summed E-state index contributed by atoms with van der Waals surface area (Å²) in [4.78, 5) is 9.59. The van der Waals surface area contributed by atoms with Gasteiger partial charge in [-0.2, -0.15) is 4.39 Å². The third-order valence-corrected chi connectivity index (χ3v) is 1.44. The molecule has 1 aromatic rings. The van der Waals surface area contributed by atoms with Crippen molar-refractivity contribution in [3.8, 4) is 18.1 Å². The van der Waals surface area contributed by atoms with E-state index in [-0.39, 0.29) is 12.4 Å². The molecule has 0 bridgehead atoms. The van der Waals surface area contributed by atoms with Crippen LogP contribution in [-0.4, -0.2) is 11.5 Å². The van der Waals surface area contributed by atoms with Crippen molar-refractivity contribution in [2.75, 3.05) is 6.61 Å². The van der Waals surface area contributed by atoms with E-state index in [2.05, 4.69) is 5.92 Å². The van der Waals surface area contributed by atoms with Crippen molar-refractivity contribution in [2.24, 2.45) is 0 Å². The standard InChI is InChI=1S/C9H6FNO3/c1-2-6-14-8-5-3-4-7(10)9(8)11(12)13/h1,3-5H,6H2. The smallest absolute Gasteiger partial charge is 0.346 e. The molecule has 0 aliphatic heterocycles. The fraction of sp³-hybridized carbons (Fsp3) is 0.111. The highest BCUT2D eigenvalue weighted by Gasteiger charge is 2.20. The second kappa shape index (κ2) is 4.23. The minimum Gasteiger partial charge on any atom is -0.474 e. The molecule has 0 aliphatic rings. The number of ether oxygens (including phenoxy) is 1. The largest absolute Gasteiger partial charge is 0.474 e. The van der Waals surface area contributed by atoms with Gasteiger partial charge in [0.2, 0.25) is 11.6 Å². The summed E-state index contributed by atoms with van der Waals surface area (Å²) in [5, 5.41) is 10.4. The molecule has 0 fully saturated rings. The number of nitro groups is 1. The number of hydrogen-bond acceptors (Lipinski definition) is 3. The highest BCUT2D eigenvalue weighted by atomic mass is 19.1. The maximum absolute atomic E-state index is 13.0. The summed E-state index contributed by atoms with van der Waals surface area (Å²) in [7, 11) is 0. The first-order chi connectivity index (χ1) is 6.66. The van der Waals surface area contributed by atoms with Gasteiger partial charge in [-0.3, -0.25) is 10.1 Å². The van der Waals surface area contributed by atoms with Crippen LogP contribution in [0.5, 0.6) is 5.75 Å². The fourth-order valence-electron chi connectivity index (χ4n) is 0.909. The highest BCUT2D eigenvalue weighted by molar-refractivity contribution is 5.47. The molecule has 72 valence electrons. The first kappa shape index (κ1) is 9.99. The van der Waals surface area contributed by atoms with Gasteiger partial charge in [-0.15, -0.1) is 6.42 Å². The van der Waals surface area contributed by atoms with Crippen molar-refractivity contribution in [2.45, 2.75) is 0 Å². The zero-order valence-electron chi connectivity index (χ0n) is 7.07. The van der Waals surface area contributed by atoms with E-state index in [4.69, 9.17) is 11.2 Å². The summed E-state index contributed by atoms with van der Waals surface area (Å²) in [6.45, 7) is -0.135. The lowest BCUT2D eigenvalue weighted by Gasteiger charge is -2.02. The van der Waals surface area contributed by atoms with E-state index in [0.717, 1.165) is 6.07 Å². The molecule has 4 nitrogen and oxygen atoms in total. The molecule has 1 aromatic carbocycles. The lowest BCUT2D eigenvalue weighted by Crippen LogP contribution is -2.00. The van der Waals surface area contributed by atoms with Gasteiger partial charge in [-0.05, 0) is 12.1 Å². The van der Waals surface area contributed by atoms with Crippen LogP contribution in [0, 0.1) is 28.3 Å². The van der Waals surface area contributed by atoms with Crippen LogP contribution in [0.2, 0.25) is 0 Å². The number of hydrogen-bond donors (Lipinski definition) is 0. The number of nitro benzene ring substituents is 1. The Morgan fingerprint density at radius 2 is 2.36 bits per heavy atom. The minimum atomic E-state index is -0.940. The van der Waals surface area contributed by atoms with Crippen molar-refractivity contribution in [1.29, 1.82) is 0 Å². The number of terminal acetylenes is 1. The zero-order valence-corrected chi connectivity index (χ0v) is 7.07. The molecule has 5 heteroatoms. The Balaban J connectivity index is 3.09. The fourth-order valence-corrected chi connectivity index (χ4v) is 0.909. The Morgan fingerprint density at radius 3 is 2.93 bits per heavy atom. The molecule has 0 saturated heterocycles.